The van der Waals surface area contributed by atoms with Crippen LogP contribution < -0.4 is 16.4 Å². The molecule has 3 aromatic rings. The van der Waals surface area contributed by atoms with Gasteiger partial charge in [-0.05, 0) is 50.7 Å². The van der Waals surface area contributed by atoms with Crippen LogP contribution >= 0.6 is 11.6 Å². The highest BCUT2D eigenvalue weighted by Crippen LogP contribution is 2.37. The molecule has 2 aliphatic rings. The average Bonchev–Trinajstić information content (AvgIpc) is 3.19. The molecule has 0 bridgehead atoms. The molecule has 1 atom stereocenters. The van der Waals surface area contributed by atoms with E-state index in [4.69, 9.17) is 27.1 Å². The van der Waals surface area contributed by atoms with Crippen LogP contribution in [0.1, 0.15) is 44.6 Å². The lowest BCUT2D eigenvalue weighted by Gasteiger charge is -2.29. The number of aromatic nitrogens is 4. The lowest BCUT2D eigenvalue weighted by Crippen LogP contribution is -2.31. The number of fused-ring (bicyclic) bond motifs is 1. The summed E-state index contributed by atoms with van der Waals surface area (Å²) < 4.78 is 36.5. The van der Waals surface area contributed by atoms with E-state index in [1.807, 2.05) is 4.57 Å². The van der Waals surface area contributed by atoms with E-state index in [1.54, 1.807) is 6.20 Å². The maximum atomic E-state index is 14.6. The number of nitrogens with one attached hydrogen (secondary N) is 2. The number of nitrogens with two attached hydrogens (primary N) is 1. The molecule has 5 rings (SSSR count). The SMILES string of the molecule is NC(=O)[C@H]1CC[C@H](n2c(Nc3c(F)cc(Cl)cc3F)nc3cnc(N[C@H]4CCCOC4)nc32)CC1. The third kappa shape index (κ3) is 5.01. The number of anilines is 3. The van der Waals surface area contributed by atoms with Crippen LogP contribution in [-0.4, -0.2) is 44.7 Å². The third-order valence-electron chi connectivity index (χ3n) is 6.63. The molecule has 0 unspecified atom stereocenters. The van der Waals surface area contributed by atoms with Crippen molar-refractivity contribution in [3.8, 4) is 0 Å². The number of benzene rings is 1. The van der Waals surface area contributed by atoms with Gasteiger partial charge < -0.3 is 21.1 Å². The molecule has 12 heteroatoms. The van der Waals surface area contributed by atoms with Gasteiger partial charge in [-0.2, -0.15) is 4.98 Å². The van der Waals surface area contributed by atoms with Gasteiger partial charge in [0, 0.05) is 23.6 Å². The zero-order chi connectivity index (χ0) is 24.5. The van der Waals surface area contributed by atoms with Crippen LogP contribution in [0.25, 0.3) is 11.2 Å². The second-order valence-corrected chi connectivity index (χ2v) is 9.48. The maximum absolute atomic E-state index is 14.6. The lowest BCUT2D eigenvalue weighted by molar-refractivity contribution is -0.122. The van der Waals surface area contributed by atoms with Gasteiger partial charge in [-0.25, -0.2) is 18.7 Å². The Balaban J connectivity index is 1.52. The van der Waals surface area contributed by atoms with Gasteiger partial charge in [0.1, 0.15) is 11.2 Å². The monoisotopic (exact) mass is 505 g/mol. The Labute approximate surface area is 205 Å². The quantitative estimate of drug-likeness (QED) is 0.456. The largest absolute Gasteiger partial charge is 0.379 e. The van der Waals surface area contributed by atoms with Crippen molar-refractivity contribution in [3.63, 3.8) is 0 Å². The van der Waals surface area contributed by atoms with Gasteiger partial charge in [0.15, 0.2) is 17.3 Å². The topological polar surface area (TPSA) is 120 Å². The van der Waals surface area contributed by atoms with Crippen molar-refractivity contribution >= 4 is 46.3 Å². The van der Waals surface area contributed by atoms with Crippen LogP contribution in [-0.2, 0) is 9.53 Å². The van der Waals surface area contributed by atoms with E-state index >= 15 is 0 Å². The first-order valence-electron chi connectivity index (χ1n) is 11.7. The molecule has 186 valence electrons. The number of carbonyl (C=O) groups is 1. The summed E-state index contributed by atoms with van der Waals surface area (Å²) in [5.74, 6) is -1.52. The van der Waals surface area contributed by atoms with Crippen molar-refractivity contribution in [1.82, 2.24) is 19.5 Å². The Hall–Kier alpha value is -3.05. The van der Waals surface area contributed by atoms with E-state index in [0.717, 1.165) is 31.6 Å². The molecular weight excluding hydrogens is 480 g/mol. The predicted octanol–water partition coefficient (Wildman–Crippen LogP) is 4.31. The highest BCUT2D eigenvalue weighted by atomic mass is 35.5. The first kappa shape index (κ1) is 23.7. The number of halogens is 3. The Morgan fingerprint density at radius 2 is 1.89 bits per heavy atom. The van der Waals surface area contributed by atoms with Crippen LogP contribution in [0, 0.1) is 17.6 Å². The van der Waals surface area contributed by atoms with Crippen LogP contribution in [0.15, 0.2) is 18.3 Å². The fourth-order valence-corrected chi connectivity index (χ4v) is 5.02. The average molecular weight is 506 g/mol. The molecule has 9 nitrogen and oxygen atoms in total. The summed E-state index contributed by atoms with van der Waals surface area (Å²) in [6.07, 6.45) is 5.98. The molecule has 4 N–H and O–H groups in total. The Morgan fingerprint density at radius 1 is 1.14 bits per heavy atom. The smallest absolute Gasteiger partial charge is 0.225 e. The lowest BCUT2D eigenvalue weighted by atomic mass is 9.85. The molecule has 1 amide bonds. The Morgan fingerprint density at radius 3 is 2.54 bits per heavy atom. The highest BCUT2D eigenvalue weighted by Gasteiger charge is 2.30. The van der Waals surface area contributed by atoms with Gasteiger partial charge in [-0.15, -0.1) is 0 Å². The van der Waals surface area contributed by atoms with Gasteiger partial charge in [0.2, 0.25) is 17.8 Å². The molecule has 2 aromatic heterocycles. The summed E-state index contributed by atoms with van der Waals surface area (Å²) in [7, 11) is 0. The number of hydrogen-bond donors (Lipinski definition) is 3. The van der Waals surface area contributed by atoms with Crippen LogP contribution in [0.2, 0.25) is 5.02 Å². The van der Waals surface area contributed by atoms with Crippen molar-refractivity contribution in [1.29, 1.82) is 0 Å². The summed E-state index contributed by atoms with van der Waals surface area (Å²) in [6, 6.07) is 2.06. The minimum atomic E-state index is -0.836. The van der Waals surface area contributed by atoms with Crippen molar-refractivity contribution in [2.75, 3.05) is 23.8 Å². The first-order chi connectivity index (χ1) is 16.9. The van der Waals surface area contributed by atoms with Gasteiger partial charge >= 0.3 is 0 Å². The molecule has 1 aromatic carbocycles. The Bertz CT molecular complexity index is 1220. The zero-order valence-corrected chi connectivity index (χ0v) is 19.7. The fourth-order valence-electron chi connectivity index (χ4n) is 4.82. The van der Waals surface area contributed by atoms with Crippen molar-refractivity contribution < 1.29 is 18.3 Å². The molecule has 35 heavy (non-hydrogen) atoms. The van der Waals surface area contributed by atoms with Gasteiger partial charge in [0.05, 0.1) is 18.8 Å². The molecule has 0 spiro atoms. The standard InChI is InChI=1S/C23H26ClF2N7O2/c24-13-8-16(25)19(17(26)9-13)31-23-30-18-10-28-22(29-14-2-1-7-35-11-14)32-21(18)33(23)15-5-3-12(4-6-15)20(27)34/h8-10,12,14-15H,1-7,11H2,(H2,27,34)(H,30,31)(H,28,29,32)/t12-,14-,15-/m0/s1. The van der Waals surface area contributed by atoms with E-state index < -0.39 is 11.6 Å². The molecular formula is C23H26ClF2N7O2. The van der Waals surface area contributed by atoms with Gasteiger partial charge in [0.25, 0.3) is 0 Å². The second-order valence-electron chi connectivity index (χ2n) is 9.04. The normalized spacial score (nSPS) is 22.8. The number of rotatable bonds is 6. The summed E-state index contributed by atoms with van der Waals surface area (Å²) in [5, 5.41) is 6.06. The number of carbonyl (C=O) groups excluding carboxylic acids is 1. The highest BCUT2D eigenvalue weighted by molar-refractivity contribution is 6.30. The van der Waals surface area contributed by atoms with E-state index in [1.165, 1.54) is 0 Å². The third-order valence-corrected chi connectivity index (χ3v) is 6.85. The summed E-state index contributed by atoms with van der Waals surface area (Å²) in [4.78, 5) is 25.3. The summed E-state index contributed by atoms with van der Waals surface area (Å²) in [5.41, 5.74) is 6.15. The summed E-state index contributed by atoms with van der Waals surface area (Å²) >= 11 is 5.78. The van der Waals surface area contributed by atoms with E-state index in [2.05, 4.69) is 20.6 Å². The predicted molar refractivity (Wildman–Crippen MR) is 128 cm³/mol. The first-order valence-corrected chi connectivity index (χ1v) is 12.1. The number of imidazole rings is 1. The van der Waals surface area contributed by atoms with Crippen molar-refractivity contribution in [3.05, 3.63) is 35.0 Å². The summed E-state index contributed by atoms with van der Waals surface area (Å²) in [6.45, 7) is 1.31. The number of ether oxygens (including phenoxy) is 1. The van der Waals surface area contributed by atoms with E-state index in [-0.39, 0.29) is 40.6 Å². The minimum Gasteiger partial charge on any atom is -0.379 e. The molecule has 2 fully saturated rings. The second kappa shape index (κ2) is 9.90. The van der Waals surface area contributed by atoms with Crippen molar-refractivity contribution in [2.24, 2.45) is 11.7 Å². The van der Waals surface area contributed by atoms with Crippen LogP contribution in [0.4, 0.5) is 26.4 Å². The van der Waals surface area contributed by atoms with Crippen LogP contribution in [0.5, 0.6) is 0 Å². The Kier molecular flexibility index (Phi) is 6.70. The van der Waals surface area contributed by atoms with E-state index in [0.29, 0.717) is 49.4 Å². The van der Waals surface area contributed by atoms with E-state index in [9.17, 15) is 13.6 Å². The molecule has 3 heterocycles. The maximum Gasteiger partial charge on any atom is 0.225 e. The molecule has 0 radical (unpaired) electrons. The number of primary amides is 1. The molecule has 1 aliphatic carbocycles. The minimum absolute atomic E-state index is 0.0443. The number of amides is 1. The number of nitrogens with zero attached hydrogens (tertiary/aromatic N) is 4. The molecule has 1 aliphatic heterocycles. The van der Waals surface area contributed by atoms with Crippen molar-refractivity contribution in [2.45, 2.75) is 50.6 Å². The van der Waals surface area contributed by atoms with Gasteiger partial charge in [-0.3, -0.25) is 9.36 Å². The molecule has 1 saturated carbocycles. The number of hydrogen-bond acceptors (Lipinski definition) is 7. The zero-order valence-electron chi connectivity index (χ0n) is 18.9. The molecule has 1 saturated heterocycles. The van der Waals surface area contributed by atoms with Crippen LogP contribution in [0.3, 0.4) is 0 Å². The van der Waals surface area contributed by atoms with Gasteiger partial charge in [-0.1, -0.05) is 11.6 Å². The fraction of sp³-hybridized carbons (Fsp3) is 0.478.